The highest BCUT2D eigenvalue weighted by Crippen LogP contribution is 2.14. The number of hydrogen-bond donors (Lipinski definition) is 1. The van der Waals surface area contributed by atoms with Gasteiger partial charge < -0.3 is 10.3 Å². The van der Waals surface area contributed by atoms with Crippen LogP contribution < -0.4 is 5.73 Å². The molecule has 0 saturated carbocycles. The van der Waals surface area contributed by atoms with Gasteiger partial charge in [-0.1, -0.05) is 6.07 Å². The van der Waals surface area contributed by atoms with Gasteiger partial charge in [-0.2, -0.15) is 0 Å². The fourth-order valence-corrected chi connectivity index (χ4v) is 1.74. The van der Waals surface area contributed by atoms with Crippen molar-refractivity contribution in [1.82, 2.24) is 9.55 Å². The van der Waals surface area contributed by atoms with Crippen molar-refractivity contribution in [3.8, 4) is 0 Å². The van der Waals surface area contributed by atoms with Gasteiger partial charge in [-0.15, -0.1) is 0 Å². The van der Waals surface area contributed by atoms with Gasteiger partial charge in [0.15, 0.2) is 0 Å². The zero-order chi connectivity index (χ0) is 13.8. The number of imidazole rings is 1. The quantitative estimate of drug-likeness (QED) is 0.893. The molecular formula is C13H13F2N3O. The van der Waals surface area contributed by atoms with Crippen molar-refractivity contribution in [1.29, 1.82) is 0 Å². The van der Waals surface area contributed by atoms with E-state index in [-0.39, 0.29) is 18.5 Å². The SMILES string of the molecule is NC(=O)CCc1cn(Cc2c(F)cccc2F)cn1. The minimum absolute atomic E-state index is 0.0126. The van der Waals surface area contributed by atoms with Crippen molar-refractivity contribution in [3.63, 3.8) is 0 Å². The van der Waals surface area contributed by atoms with Gasteiger partial charge in [0.25, 0.3) is 0 Å². The number of benzene rings is 1. The van der Waals surface area contributed by atoms with Gasteiger partial charge in [0, 0.05) is 18.2 Å². The molecule has 0 aliphatic carbocycles. The van der Waals surface area contributed by atoms with E-state index >= 15 is 0 Å². The van der Waals surface area contributed by atoms with Crippen LogP contribution in [0.15, 0.2) is 30.7 Å². The second-order valence-electron chi connectivity index (χ2n) is 4.20. The Labute approximate surface area is 108 Å². The van der Waals surface area contributed by atoms with E-state index in [0.29, 0.717) is 12.1 Å². The maximum atomic E-state index is 13.5. The number of carbonyl (C=O) groups is 1. The zero-order valence-corrected chi connectivity index (χ0v) is 10.1. The molecule has 0 fully saturated rings. The maximum absolute atomic E-state index is 13.5. The lowest BCUT2D eigenvalue weighted by molar-refractivity contribution is -0.118. The Morgan fingerprint density at radius 3 is 2.63 bits per heavy atom. The fourth-order valence-electron chi connectivity index (χ4n) is 1.74. The summed E-state index contributed by atoms with van der Waals surface area (Å²) < 4.78 is 28.5. The predicted octanol–water partition coefficient (Wildman–Crippen LogP) is 1.63. The van der Waals surface area contributed by atoms with Crippen molar-refractivity contribution < 1.29 is 13.6 Å². The first-order valence-corrected chi connectivity index (χ1v) is 5.78. The first-order valence-electron chi connectivity index (χ1n) is 5.78. The third kappa shape index (κ3) is 3.37. The number of nitrogens with zero attached hydrogens (tertiary/aromatic N) is 2. The van der Waals surface area contributed by atoms with Crippen LogP contribution in [-0.4, -0.2) is 15.5 Å². The standard InChI is InChI=1S/C13H13F2N3O/c14-11-2-1-3-12(15)10(11)7-18-6-9(17-8-18)4-5-13(16)19/h1-3,6,8H,4-5,7H2,(H2,16,19). The van der Waals surface area contributed by atoms with Crippen LogP contribution in [0.4, 0.5) is 8.78 Å². The van der Waals surface area contributed by atoms with Gasteiger partial charge >= 0.3 is 0 Å². The number of aryl methyl sites for hydroxylation is 1. The van der Waals surface area contributed by atoms with E-state index < -0.39 is 17.5 Å². The molecular weight excluding hydrogens is 252 g/mol. The molecule has 6 heteroatoms. The minimum Gasteiger partial charge on any atom is -0.370 e. The number of hydrogen-bond acceptors (Lipinski definition) is 2. The van der Waals surface area contributed by atoms with Gasteiger partial charge in [0.2, 0.25) is 5.91 Å². The van der Waals surface area contributed by atoms with Crippen LogP contribution >= 0.6 is 0 Å². The summed E-state index contributed by atoms with van der Waals surface area (Å²) >= 11 is 0. The lowest BCUT2D eigenvalue weighted by Crippen LogP contribution is -2.11. The molecule has 0 spiro atoms. The number of nitrogens with two attached hydrogens (primary N) is 1. The van der Waals surface area contributed by atoms with E-state index in [4.69, 9.17) is 5.73 Å². The highest BCUT2D eigenvalue weighted by molar-refractivity contribution is 5.73. The molecule has 1 aromatic carbocycles. The van der Waals surface area contributed by atoms with Crippen LogP contribution in [0.3, 0.4) is 0 Å². The molecule has 1 amide bonds. The Morgan fingerprint density at radius 2 is 2.00 bits per heavy atom. The van der Waals surface area contributed by atoms with Crippen molar-refractivity contribution in [2.45, 2.75) is 19.4 Å². The molecule has 19 heavy (non-hydrogen) atoms. The summed E-state index contributed by atoms with van der Waals surface area (Å²) in [6.07, 6.45) is 3.74. The van der Waals surface area contributed by atoms with Crippen LogP contribution in [0.5, 0.6) is 0 Å². The normalized spacial score (nSPS) is 10.6. The minimum atomic E-state index is -0.590. The van der Waals surface area contributed by atoms with E-state index in [1.807, 2.05) is 0 Å². The largest absolute Gasteiger partial charge is 0.370 e. The van der Waals surface area contributed by atoms with Crippen molar-refractivity contribution >= 4 is 5.91 Å². The third-order valence-corrected chi connectivity index (χ3v) is 2.72. The second-order valence-corrected chi connectivity index (χ2v) is 4.20. The molecule has 0 unspecified atom stereocenters. The van der Waals surface area contributed by atoms with Crippen LogP contribution in [-0.2, 0) is 17.8 Å². The molecule has 0 aliphatic heterocycles. The van der Waals surface area contributed by atoms with E-state index in [9.17, 15) is 13.6 Å². The van der Waals surface area contributed by atoms with Gasteiger partial charge in [0.05, 0.1) is 18.6 Å². The zero-order valence-electron chi connectivity index (χ0n) is 10.1. The Kier molecular flexibility index (Phi) is 3.89. The molecule has 2 N–H and O–H groups in total. The summed E-state index contributed by atoms with van der Waals surface area (Å²) in [6, 6.07) is 3.74. The number of primary amides is 1. The van der Waals surface area contributed by atoms with Crippen molar-refractivity contribution in [2.24, 2.45) is 5.73 Å². The molecule has 0 bridgehead atoms. The van der Waals surface area contributed by atoms with Crippen molar-refractivity contribution in [2.75, 3.05) is 0 Å². The van der Waals surface area contributed by atoms with Gasteiger partial charge in [-0.3, -0.25) is 4.79 Å². The Bertz CT molecular complexity index is 575. The van der Waals surface area contributed by atoms with Crippen molar-refractivity contribution in [3.05, 3.63) is 53.6 Å². The van der Waals surface area contributed by atoms with Gasteiger partial charge in [-0.25, -0.2) is 13.8 Å². The summed E-state index contributed by atoms with van der Waals surface area (Å²) in [5.41, 5.74) is 5.69. The second kappa shape index (κ2) is 5.60. The van der Waals surface area contributed by atoms with Crippen LogP contribution in [0.25, 0.3) is 0 Å². The average Bonchev–Trinajstić information content (AvgIpc) is 2.79. The summed E-state index contributed by atoms with van der Waals surface area (Å²) in [5.74, 6) is -1.59. The Hall–Kier alpha value is -2.24. The highest BCUT2D eigenvalue weighted by Gasteiger charge is 2.09. The van der Waals surface area contributed by atoms with Crippen LogP contribution in [0.2, 0.25) is 0 Å². The number of carbonyl (C=O) groups excluding carboxylic acids is 1. The summed E-state index contributed by atoms with van der Waals surface area (Å²) in [5, 5.41) is 0. The van der Waals surface area contributed by atoms with E-state index in [1.54, 1.807) is 10.8 Å². The lowest BCUT2D eigenvalue weighted by Gasteiger charge is -2.05. The smallest absolute Gasteiger partial charge is 0.217 e. The molecule has 100 valence electrons. The molecule has 1 heterocycles. The molecule has 0 atom stereocenters. The molecule has 0 saturated heterocycles. The number of rotatable bonds is 5. The van der Waals surface area contributed by atoms with Gasteiger partial charge in [0.1, 0.15) is 11.6 Å². The van der Waals surface area contributed by atoms with E-state index in [1.165, 1.54) is 24.5 Å². The molecule has 0 aliphatic rings. The fraction of sp³-hybridized carbons (Fsp3) is 0.231. The van der Waals surface area contributed by atoms with E-state index in [2.05, 4.69) is 4.98 Å². The topological polar surface area (TPSA) is 60.9 Å². The molecule has 0 radical (unpaired) electrons. The lowest BCUT2D eigenvalue weighted by atomic mass is 10.2. The van der Waals surface area contributed by atoms with E-state index in [0.717, 1.165) is 0 Å². The average molecular weight is 265 g/mol. The first kappa shape index (κ1) is 13.2. The summed E-state index contributed by atoms with van der Waals surface area (Å²) in [7, 11) is 0. The van der Waals surface area contributed by atoms with Crippen LogP contribution in [0.1, 0.15) is 17.7 Å². The Balaban J connectivity index is 2.09. The third-order valence-electron chi connectivity index (χ3n) is 2.72. The predicted molar refractivity (Wildman–Crippen MR) is 65.2 cm³/mol. The summed E-state index contributed by atoms with van der Waals surface area (Å²) in [4.78, 5) is 14.7. The van der Waals surface area contributed by atoms with Gasteiger partial charge in [-0.05, 0) is 18.6 Å². The van der Waals surface area contributed by atoms with Crippen LogP contribution in [0, 0.1) is 11.6 Å². The Morgan fingerprint density at radius 1 is 1.32 bits per heavy atom. The first-order chi connectivity index (χ1) is 9.06. The molecule has 2 rings (SSSR count). The maximum Gasteiger partial charge on any atom is 0.217 e. The number of amides is 1. The molecule has 4 nitrogen and oxygen atoms in total. The molecule has 1 aromatic heterocycles. The monoisotopic (exact) mass is 265 g/mol. The summed E-state index contributed by atoms with van der Waals surface area (Å²) in [6.45, 7) is 0.0576. The highest BCUT2D eigenvalue weighted by atomic mass is 19.1. The molecule has 2 aromatic rings. The number of aromatic nitrogens is 2. The number of halogens is 2.